The summed E-state index contributed by atoms with van der Waals surface area (Å²) in [6.45, 7) is 1.27. The molecule has 0 atom stereocenters. The topological polar surface area (TPSA) is 60.2 Å². The molecule has 2 heterocycles. The first-order chi connectivity index (χ1) is 16.7. The monoisotopic (exact) mass is 488 g/mol. The molecule has 0 fully saturated rings. The fraction of sp³-hybridized carbons (Fsp3) is 0.115. The van der Waals surface area contributed by atoms with E-state index in [-0.39, 0.29) is 5.91 Å². The average Bonchev–Trinajstić information content (AvgIpc) is 3.52. The van der Waals surface area contributed by atoms with Crippen molar-refractivity contribution in [3.05, 3.63) is 102 Å². The van der Waals surface area contributed by atoms with Gasteiger partial charge >= 0.3 is 0 Å². The molecule has 8 heteroatoms. The second kappa shape index (κ2) is 10.1. The van der Waals surface area contributed by atoms with Crippen molar-refractivity contribution < 1.29 is 9.53 Å². The molecule has 6 nitrogen and oxygen atoms in total. The number of halogens is 1. The number of anilines is 1. The minimum Gasteiger partial charge on any atom is -0.457 e. The zero-order valence-corrected chi connectivity index (χ0v) is 19.7. The number of para-hydroxylation sites is 1. The van der Waals surface area contributed by atoms with Crippen LogP contribution in [0.5, 0.6) is 11.5 Å². The molecule has 0 N–H and O–H groups in total. The van der Waals surface area contributed by atoms with Crippen LogP contribution in [0, 0.1) is 0 Å². The third-order valence-electron chi connectivity index (χ3n) is 5.25. The Labute approximate surface area is 206 Å². The Hall–Kier alpha value is -3.68. The Morgan fingerprint density at radius 3 is 2.59 bits per heavy atom. The molecule has 0 saturated heterocycles. The van der Waals surface area contributed by atoms with Gasteiger partial charge in [0.1, 0.15) is 11.5 Å². The number of ether oxygens (including phenoxy) is 1. The molecule has 0 spiro atoms. The van der Waals surface area contributed by atoms with Crippen LogP contribution in [0.1, 0.15) is 16.8 Å². The Morgan fingerprint density at radius 1 is 1.03 bits per heavy atom. The van der Waals surface area contributed by atoms with E-state index in [1.54, 1.807) is 29.6 Å². The van der Waals surface area contributed by atoms with Crippen molar-refractivity contribution in [2.24, 2.45) is 0 Å². The number of hydrogen-bond acceptors (Lipinski definition) is 5. The predicted molar refractivity (Wildman–Crippen MR) is 136 cm³/mol. The predicted octanol–water partition coefficient (Wildman–Crippen LogP) is 6.68. The van der Waals surface area contributed by atoms with E-state index in [4.69, 9.17) is 21.3 Å². The SMILES string of the molecule is O=C(c1ccc(Oc2ccccc2)cc1)N(CCCn1ccnc1)c1nc2ccc(Cl)cc2s1. The van der Waals surface area contributed by atoms with E-state index in [9.17, 15) is 4.79 Å². The number of amides is 1. The molecule has 170 valence electrons. The van der Waals surface area contributed by atoms with Crippen LogP contribution in [0.4, 0.5) is 5.13 Å². The number of hydrogen-bond donors (Lipinski definition) is 0. The Balaban J connectivity index is 1.38. The molecule has 0 aliphatic carbocycles. The van der Waals surface area contributed by atoms with Crippen LogP contribution in [-0.2, 0) is 6.54 Å². The molecule has 34 heavy (non-hydrogen) atoms. The third-order valence-corrected chi connectivity index (χ3v) is 6.53. The van der Waals surface area contributed by atoms with Crippen LogP contribution in [0.15, 0.2) is 91.5 Å². The quantitative estimate of drug-likeness (QED) is 0.244. The fourth-order valence-electron chi connectivity index (χ4n) is 3.56. The Bertz CT molecular complexity index is 1390. The van der Waals surface area contributed by atoms with Gasteiger partial charge in [0.05, 0.1) is 16.5 Å². The number of aromatic nitrogens is 3. The molecule has 3 aromatic carbocycles. The maximum absolute atomic E-state index is 13.6. The van der Waals surface area contributed by atoms with Crippen LogP contribution in [0.25, 0.3) is 10.2 Å². The van der Waals surface area contributed by atoms with Crippen molar-refractivity contribution >= 4 is 44.2 Å². The summed E-state index contributed by atoms with van der Waals surface area (Å²) < 4.78 is 8.80. The molecule has 5 rings (SSSR count). The van der Waals surface area contributed by atoms with Crippen molar-refractivity contribution in [3.63, 3.8) is 0 Å². The van der Waals surface area contributed by atoms with E-state index in [0.717, 1.165) is 28.9 Å². The zero-order valence-electron chi connectivity index (χ0n) is 18.2. The van der Waals surface area contributed by atoms with Gasteiger partial charge in [-0.05, 0) is 61.0 Å². The van der Waals surface area contributed by atoms with E-state index in [0.29, 0.717) is 28.0 Å². The Kier molecular flexibility index (Phi) is 6.56. The first-order valence-corrected chi connectivity index (χ1v) is 12.0. The van der Waals surface area contributed by atoms with Crippen molar-refractivity contribution in [2.75, 3.05) is 11.4 Å². The highest BCUT2D eigenvalue weighted by molar-refractivity contribution is 7.22. The highest BCUT2D eigenvalue weighted by Gasteiger charge is 2.21. The molecule has 0 saturated carbocycles. The van der Waals surface area contributed by atoms with Gasteiger partial charge in [0.15, 0.2) is 5.13 Å². The van der Waals surface area contributed by atoms with E-state index in [1.165, 1.54) is 11.3 Å². The van der Waals surface area contributed by atoms with Crippen LogP contribution in [-0.4, -0.2) is 27.0 Å². The highest BCUT2D eigenvalue weighted by Crippen LogP contribution is 2.32. The summed E-state index contributed by atoms with van der Waals surface area (Å²) in [7, 11) is 0. The molecule has 5 aromatic rings. The van der Waals surface area contributed by atoms with Gasteiger partial charge in [0, 0.05) is 36.1 Å². The van der Waals surface area contributed by atoms with Crippen molar-refractivity contribution in [2.45, 2.75) is 13.0 Å². The number of thiazole rings is 1. The lowest BCUT2D eigenvalue weighted by Gasteiger charge is -2.20. The van der Waals surface area contributed by atoms with Gasteiger partial charge in [-0.2, -0.15) is 0 Å². The number of carbonyl (C=O) groups is 1. The number of rotatable bonds is 8. The molecule has 0 aliphatic heterocycles. The standard InChI is InChI=1S/C26H21ClN4O2S/c27-20-9-12-23-24(17-20)34-26(29-23)31(15-4-14-30-16-13-28-18-30)25(32)19-7-10-22(11-8-19)33-21-5-2-1-3-6-21/h1-3,5-13,16-18H,4,14-15H2. The molecule has 0 unspecified atom stereocenters. The van der Waals surface area contributed by atoms with Crippen molar-refractivity contribution in [3.8, 4) is 11.5 Å². The van der Waals surface area contributed by atoms with Gasteiger partial charge in [-0.3, -0.25) is 9.69 Å². The second-order valence-corrected chi connectivity index (χ2v) is 9.10. The van der Waals surface area contributed by atoms with Crippen molar-refractivity contribution in [1.82, 2.24) is 14.5 Å². The van der Waals surface area contributed by atoms with Crippen molar-refractivity contribution in [1.29, 1.82) is 0 Å². The number of nitrogens with zero attached hydrogens (tertiary/aromatic N) is 4. The summed E-state index contributed by atoms with van der Waals surface area (Å²) in [6.07, 6.45) is 6.20. The third kappa shape index (κ3) is 5.11. The lowest BCUT2D eigenvalue weighted by atomic mass is 10.2. The van der Waals surface area contributed by atoms with Gasteiger partial charge in [0.25, 0.3) is 5.91 Å². The van der Waals surface area contributed by atoms with E-state index in [1.807, 2.05) is 71.4 Å². The number of carbonyl (C=O) groups excluding carboxylic acids is 1. The normalized spacial score (nSPS) is 11.0. The van der Waals surface area contributed by atoms with Gasteiger partial charge in [0.2, 0.25) is 0 Å². The lowest BCUT2D eigenvalue weighted by molar-refractivity contribution is 0.0986. The molecular formula is C26H21ClN4O2S. The highest BCUT2D eigenvalue weighted by atomic mass is 35.5. The fourth-order valence-corrected chi connectivity index (χ4v) is 4.83. The minimum absolute atomic E-state index is 0.109. The van der Waals surface area contributed by atoms with Gasteiger partial charge < -0.3 is 9.30 Å². The minimum atomic E-state index is -0.109. The lowest BCUT2D eigenvalue weighted by Crippen LogP contribution is -2.32. The van der Waals surface area contributed by atoms with Gasteiger partial charge in [-0.15, -0.1) is 0 Å². The summed E-state index contributed by atoms with van der Waals surface area (Å²) in [5.41, 5.74) is 1.39. The number of benzene rings is 3. The molecule has 0 aliphatic rings. The number of fused-ring (bicyclic) bond motifs is 1. The first kappa shape index (κ1) is 22.1. The van der Waals surface area contributed by atoms with E-state index >= 15 is 0 Å². The smallest absolute Gasteiger partial charge is 0.260 e. The second-order valence-electron chi connectivity index (χ2n) is 7.66. The number of aryl methyl sites for hydroxylation is 1. The maximum Gasteiger partial charge on any atom is 0.260 e. The van der Waals surface area contributed by atoms with Gasteiger partial charge in [-0.1, -0.05) is 41.1 Å². The largest absolute Gasteiger partial charge is 0.457 e. The summed E-state index contributed by atoms with van der Waals surface area (Å²) >= 11 is 7.62. The maximum atomic E-state index is 13.6. The molecule has 1 amide bonds. The molecule has 0 radical (unpaired) electrons. The van der Waals surface area contributed by atoms with Crippen LogP contribution >= 0.6 is 22.9 Å². The van der Waals surface area contributed by atoms with Crippen LogP contribution in [0.2, 0.25) is 5.02 Å². The average molecular weight is 489 g/mol. The van der Waals surface area contributed by atoms with E-state index in [2.05, 4.69) is 4.98 Å². The summed E-state index contributed by atoms with van der Waals surface area (Å²) in [5.74, 6) is 1.31. The Morgan fingerprint density at radius 2 is 1.82 bits per heavy atom. The molecular weight excluding hydrogens is 468 g/mol. The summed E-state index contributed by atoms with van der Waals surface area (Å²) in [4.78, 5) is 24.1. The summed E-state index contributed by atoms with van der Waals surface area (Å²) in [5, 5.41) is 1.30. The van der Waals surface area contributed by atoms with Gasteiger partial charge in [-0.25, -0.2) is 9.97 Å². The number of imidazole rings is 1. The zero-order chi connectivity index (χ0) is 23.3. The van der Waals surface area contributed by atoms with E-state index < -0.39 is 0 Å². The van der Waals surface area contributed by atoms with Crippen LogP contribution in [0.3, 0.4) is 0 Å². The molecule has 2 aromatic heterocycles. The summed E-state index contributed by atoms with van der Waals surface area (Å²) in [6, 6.07) is 22.3. The first-order valence-electron chi connectivity index (χ1n) is 10.8. The van der Waals surface area contributed by atoms with Crippen LogP contribution < -0.4 is 9.64 Å². The molecule has 0 bridgehead atoms.